The first kappa shape index (κ1) is 18.2. The summed E-state index contributed by atoms with van der Waals surface area (Å²) >= 11 is 6.36. The van der Waals surface area contributed by atoms with Gasteiger partial charge < -0.3 is 0 Å². The Kier molecular flexibility index (Phi) is 4.34. The smallest absolute Gasteiger partial charge is 0.243 e. The van der Waals surface area contributed by atoms with Gasteiger partial charge in [0.25, 0.3) is 0 Å². The number of carbonyl (C=O) groups excluding carboxylic acids is 1. The van der Waals surface area contributed by atoms with Crippen LogP contribution in [0.25, 0.3) is 10.8 Å². The van der Waals surface area contributed by atoms with E-state index in [1.54, 1.807) is 30.3 Å². The van der Waals surface area contributed by atoms with Crippen LogP contribution in [0.3, 0.4) is 0 Å². The minimum atomic E-state index is -3.65. The minimum Gasteiger partial charge on any atom is -0.294 e. The molecular weight excluding hydrogens is 382 g/mol. The lowest BCUT2D eigenvalue weighted by molar-refractivity contribution is 0.101. The Morgan fingerprint density at radius 1 is 1.07 bits per heavy atom. The highest BCUT2D eigenvalue weighted by atomic mass is 35.5. The Labute approximate surface area is 163 Å². The maximum atomic E-state index is 13.1. The molecule has 0 saturated carbocycles. The van der Waals surface area contributed by atoms with Crippen molar-refractivity contribution in [1.82, 2.24) is 4.31 Å². The second kappa shape index (κ2) is 6.44. The number of ketones is 1. The quantitative estimate of drug-likeness (QED) is 0.599. The molecule has 0 radical (unpaired) electrons. The van der Waals surface area contributed by atoms with Gasteiger partial charge in [-0.1, -0.05) is 41.4 Å². The predicted octanol–water partition coefficient (Wildman–Crippen LogP) is 4.71. The molecule has 1 aliphatic heterocycles. The van der Waals surface area contributed by atoms with Crippen molar-refractivity contribution in [2.24, 2.45) is 0 Å². The molecule has 0 amide bonds. The van der Waals surface area contributed by atoms with Crippen molar-refractivity contribution >= 4 is 38.2 Å². The SMILES string of the molecule is CC(=O)c1c2c(cc3cccc(Cl)c13)CN(S(=O)(=O)c1ccc(C)cc1)C2. The number of sulfonamides is 1. The molecule has 3 aromatic rings. The second-order valence-corrected chi connectivity index (χ2v) is 9.21. The monoisotopic (exact) mass is 399 g/mol. The number of nitrogens with zero attached hydrogens (tertiary/aromatic N) is 1. The van der Waals surface area contributed by atoms with Gasteiger partial charge in [0, 0.05) is 29.1 Å². The lowest BCUT2D eigenvalue weighted by Crippen LogP contribution is -2.25. The van der Waals surface area contributed by atoms with E-state index in [9.17, 15) is 13.2 Å². The average Bonchev–Trinajstić information content (AvgIpc) is 3.04. The standard InChI is InChI=1S/C21H18ClNO3S/c1-13-6-8-17(9-7-13)27(25,26)23-11-16-10-15-4-3-5-19(22)21(15)20(14(2)24)18(16)12-23/h3-10H,11-12H2,1-2H3. The molecule has 0 N–H and O–H groups in total. The van der Waals surface area contributed by atoms with Crippen LogP contribution in [-0.2, 0) is 23.1 Å². The molecule has 4 rings (SSSR count). The first-order valence-electron chi connectivity index (χ1n) is 8.60. The molecular formula is C21H18ClNO3S. The van der Waals surface area contributed by atoms with Gasteiger partial charge in [-0.3, -0.25) is 4.79 Å². The number of halogens is 1. The molecule has 138 valence electrons. The van der Waals surface area contributed by atoms with E-state index < -0.39 is 10.0 Å². The van der Waals surface area contributed by atoms with Crippen LogP contribution in [0.1, 0.15) is 34.0 Å². The molecule has 1 heterocycles. The van der Waals surface area contributed by atoms with Gasteiger partial charge in [-0.05, 0) is 54.6 Å². The van der Waals surface area contributed by atoms with E-state index in [0.29, 0.717) is 16.0 Å². The molecule has 0 saturated heterocycles. The summed E-state index contributed by atoms with van der Waals surface area (Å²) in [6.45, 7) is 3.82. The van der Waals surface area contributed by atoms with Crippen molar-refractivity contribution in [2.75, 3.05) is 0 Å². The zero-order chi connectivity index (χ0) is 19.3. The molecule has 0 unspecified atom stereocenters. The summed E-state index contributed by atoms with van der Waals surface area (Å²) < 4.78 is 27.6. The van der Waals surface area contributed by atoms with Crippen LogP contribution in [0.5, 0.6) is 0 Å². The van der Waals surface area contributed by atoms with E-state index in [2.05, 4.69) is 0 Å². The lowest BCUT2D eigenvalue weighted by Gasteiger charge is -2.16. The Bertz CT molecular complexity index is 1180. The van der Waals surface area contributed by atoms with E-state index in [1.807, 2.05) is 25.1 Å². The van der Waals surface area contributed by atoms with E-state index >= 15 is 0 Å². The highest BCUT2D eigenvalue weighted by Gasteiger charge is 2.33. The number of carbonyl (C=O) groups is 1. The number of aryl methyl sites for hydroxylation is 1. The van der Waals surface area contributed by atoms with E-state index in [-0.39, 0.29) is 23.8 Å². The van der Waals surface area contributed by atoms with Gasteiger partial charge in [0.1, 0.15) is 0 Å². The Hall–Kier alpha value is -2.21. The Balaban J connectivity index is 1.85. The van der Waals surface area contributed by atoms with E-state index in [0.717, 1.165) is 22.1 Å². The van der Waals surface area contributed by atoms with Gasteiger partial charge in [-0.25, -0.2) is 8.42 Å². The van der Waals surface area contributed by atoms with Crippen molar-refractivity contribution in [2.45, 2.75) is 31.8 Å². The highest BCUT2D eigenvalue weighted by Crippen LogP contribution is 2.38. The van der Waals surface area contributed by atoms with Crippen molar-refractivity contribution in [3.05, 3.63) is 75.8 Å². The number of fused-ring (bicyclic) bond motifs is 2. The van der Waals surface area contributed by atoms with Crippen LogP contribution in [0.4, 0.5) is 0 Å². The third-order valence-electron chi connectivity index (χ3n) is 5.01. The molecule has 0 atom stereocenters. The van der Waals surface area contributed by atoms with Crippen molar-refractivity contribution in [3.63, 3.8) is 0 Å². The Morgan fingerprint density at radius 2 is 1.78 bits per heavy atom. The van der Waals surface area contributed by atoms with Crippen molar-refractivity contribution < 1.29 is 13.2 Å². The summed E-state index contributed by atoms with van der Waals surface area (Å²) in [5.74, 6) is -0.112. The molecule has 3 aromatic carbocycles. The molecule has 0 fully saturated rings. The molecule has 27 heavy (non-hydrogen) atoms. The van der Waals surface area contributed by atoms with Crippen LogP contribution in [0.15, 0.2) is 53.4 Å². The molecule has 0 aliphatic carbocycles. The summed E-state index contributed by atoms with van der Waals surface area (Å²) in [6, 6.07) is 14.2. The fourth-order valence-corrected chi connectivity index (χ4v) is 5.34. The van der Waals surface area contributed by atoms with Crippen molar-refractivity contribution in [3.8, 4) is 0 Å². The van der Waals surface area contributed by atoms with Gasteiger partial charge in [-0.2, -0.15) is 4.31 Å². The first-order valence-corrected chi connectivity index (χ1v) is 10.4. The number of rotatable bonds is 3. The third-order valence-corrected chi connectivity index (χ3v) is 7.13. The molecule has 0 spiro atoms. The van der Waals surface area contributed by atoms with Gasteiger partial charge >= 0.3 is 0 Å². The number of hydrogen-bond donors (Lipinski definition) is 0. The average molecular weight is 400 g/mol. The van der Waals surface area contributed by atoms with Gasteiger partial charge in [0.05, 0.1) is 4.90 Å². The van der Waals surface area contributed by atoms with Gasteiger partial charge in [-0.15, -0.1) is 0 Å². The van der Waals surface area contributed by atoms with Crippen LogP contribution in [0.2, 0.25) is 5.02 Å². The summed E-state index contributed by atoms with van der Waals surface area (Å²) in [5.41, 5.74) is 3.12. The largest absolute Gasteiger partial charge is 0.294 e. The van der Waals surface area contributed by atoms with Gasteiger partial charge in [0.2, 0.25) is 10.0 Å². The van der Waals surface area contributed by atoms with E-state index in [1.165, 1.54) is 11.2 Å². The third kappa shape index (κ3) is 2.96. The normalized spacial score (nSPS) is 14.5. The number of benzene rings is 3. The predicted molar refractivity (Wildman–Crippen MR) is 107 cm³/mol. The minimum absolute atomic E-state index is 0.112. The summed E-state index contributed by atoms with van der Waals surface area (Å²) in [7, 11) is -3.65. The summed E-state index contributed by atoms with van der Waals surface area (Å²) in [6.07, 6.45) is 0. The molecule has 4 nitrogen and oxygen atoms in total. The highest BCUT2D eigenvalue weighted by molar-refractivity contribution is 7.89. The number of hydrogen-bond acceptors (Lipinski definition) is 3. The van der Waals surface area contributed by atoms with Crippen LogP contribution in [0, 0.1) is 6.92 Å². The molecule has 1 aliphatic rings. The maximum Gasteiger partial charge on any atom is 0.243 e. The lowest BCUT2D eigenvalue weighted by atomic mass is 9.93. The van der Waals surface area contributed by atoms with Gasteiger partial charge in [0.15, 0.2) is 5.78 Å². The van der Waals surface area contributed by atoms with E-state index in [4.69, 9.17) is 11.6 Å². The fraction of sp³-hybridized carbons (Fsp3) is 0.190. The zero-order valence-electron chi connectivity index (χ0n) is 15.0. The van der Waals surface area contributed by atoms with Crippen LogP contribution < -0.4 is 0 Å². The molecule has 0 aromatic heterocycles. The maximum absolute atomic E-state index is 13.1. The Morgan fingerprint density at radius 3 is 2.44 bits per heavy atom. The van der Waals surface area contributed by atoms with Crippen molar-refractivity contribution in [1.29, 1.82) is 0 Å². The summed E-state index contributed by atoms with van der Waals surface area (Å²) in [4.78, 5) is 12.7. The zero-order valence-corrected chi connectivity index (χ0v) is 16.6. The molecule has 6 heteroatoms. The molecule has 0 bridgehead atoms. The van der Waals surface area contributed by atoms with Crippen LogP contribution in [-0.4, -0.2) is 18.5 Å². The number of Topliss-reactive ketones (excluding diaryl/α,β-unsaturated/α-hetero) is 1. The topological polar surface area (TPSA) is 54.5 Å². The fourth-order valence-electron chi connectivity index (χ4n) is 3.67. The van der Waals surface area contributed by atoms with Crippen LogP contribution >= 0.6 is 11.6 Å². The summed E-state index contributed by atoms with van der Waals surface area (Å²) in [5, 5.41) is 2.04. The first-order chi connectivity index (χ1) is 12.8. The second-order valence-electron chi connectivity index (χ2n) is 6.87.